The second kappa shape index (κ2) is 5.78. The topological polar surface area (TPSA) is 53.7 Å². The van der Waals surface area contributed by atoms with Crippen molar-refractivity contribution < 1.29 is 27.4 Å². The summed E-state index contributed by atoms with van der Waals surface area (Å²) in [5.41, 5.74) is 6.44. The summed E-state index contributed by atoms with van der Waals surface area (Å²) in [6.07, 6.45) is -3.26. The molecule has 0 saturated carbocycles. The molecule has 0 aromatic heterocycles. The highest BCUT2D eigenvalue weighted by atomic mass is 19.4. The van der Waals surface area contributed by atoms with Crippen LogP contribution < -0.4 is 19.9 Å². The monoisotopic (exact) mass is 291 g/mol. The molecule has 112 valence electrons. The van der Waals surface area contributed by atoms with Crippen LogP contribution in [-0.2, 0) is 6.42 Å². The molecule has 20 heavy (non-hydrogen) atoms. The Balaban J connectivity index is 2.22. The zero-order valence-corrected chi connectivity index (χ0v) is 11.0. The molecule has 0 bridgehead atoms. The predicted molar refractivity (Wildman–Crippen MR) is 66.1 cm³/mol. The van der Waals surface area contributed by atoms with Crippen LogP contribution in [0.5, 0.6) is 17.2 Å². The summed E-state index contributed by atoms with van der Waals surface area (Å²) >= 11 is 0. The number of alkyl halides is 3. The lowest BCUT2D eigenvalue weighted by molar-refractivity contribution is -0.153. The number of hydrogen-bond acceptors (Lipinski definition) is 4. The third kappa shape index (κ3) is 3.69. The first kappa shape index (κ1) is 14.8. The van der Waals surface area contributed by atoms with Crippen molar-refractivity contribution in [2.24, 2.45) is 5.73 Å². The standard InChI is InChI=1S/C13H16F3NO3/c1-2-9(17)3-8-4-11-12(20-7-19-11)5-10(8)18-6-13(14,15)16/h4-5,9H,2-3,6-7,17H2,1H3. The number of halogens is 3. The van der Waals surface area contributed by atoms with Crippen LogP contribution in [0.1, 0.15) is 18.9 Å². The summed E-state index contributed by atoms with van der Waals surface area (Å²) in [6.45, 7) is 0.617. The van der Waals surface area contributed by atoms with E-state index in [4.69, 9.17) is 19.9 Å². The molecule has 7 heteroatoms. The molecule has 1 aromatic carbocycles. The average molecular weight is 291 g/mol. The molecular formula is C13H16F3NO3. The molecule has 0 saturated heterocycles. The van der Waals surface area contributed by atoms with Crippen LogP contribution in [0.25, 0.3) is 0 Å². The van der Waals surface area contributed by atoms with Gasteiger partial charge in [-0.15, -0.1) is 0 Å². The molecule has 0 fully saturated rings. The quantitative estimate of drug-likeness (QED) is 0.906. The lowest BCUT2D eigenvalue weighted by Crippen LogP contribution is -2.23. The summed E-state index contributed by atoms with van der Waals surface area (Å²) in [5.74, 6) is 1.02. The van der Waals surface area contributed by atoms with E-state index in [1.54, 1.807) is 6.07 Å². The Bertz CT molecular complexity index is 477. The van der Waals surface area contributed by atoms with Crippen molar-refractivity contribution >= 4 is 0 Å². The van der Waals surface area contributed by atoms with Crippen LogP contribution in [-0.4, -0.2) is 25.6 Å². The first-order chi connectivity index (χ1) is 9.39. The number of fused-ring (bicyclic) bond motifs is 1. The van der Waals surface area contributed by atoms with Gasteiger partial charge in [-0.25, -0.2) is 0 Å². The number of rotatable bonds is 5. The molecule has 0 aliphatic carbocycles. The molecule has 2 N–H and O–H groups in total. The van der Waals surface area contributed by atoms with Crippen molar-refractivity contribution in [3.05, 3.63) is 17.7 Å². The fraction of sp³-hybridized carbons (Fsp3) is 0.538. The van der Waals surface area contributed by atoms with E-state index in [-0.39, 0.29) is 18.6 Å². The molecule has 0 radical (unpaired) electrons. The average Bonchev–Trinajstić information content (AvgIpc) is 2.81. The van der Waals surface area contributed by atoms with E-state index in [1.807, 2.05) is 6.92 Å². The fourth-order valence-corrected chi connectivity index (χ4v) is 1.85. The highest BCUT2D eigenvalue weighted by Crippen LogP contribution is 2.39. The maximum Gasteiger partial charge on any atom is 0.422 e. The Morgan fingerprint density at radius 3 is 2.55 bits per heavy atom. The molecule has 0 spiro atoms. The van der Waals surface area contributed by atoms with Gasteiger partial charge in [0.1, 0.15) is 5.75 Å². The van der Waals surface area contributed by atoms with Gasteiger partial charge in [-0.05, 0) is 24.5 Å². The summed E-state index contributed by atoms with van der Waals surface area (Å²) in [5, 5.41) is 0. The normalized spacial score (nSPS) is 15.2. The van der Waals surface area contributed by atoms with Gasteiger partial charge in [-0.3, -0.25) is 0 Å². The second-order valence-corrected chi connectivity index (χ2v) is 4.59. The van der Waals surface area contributed by atoms with E-state index in [0.717, 1.165) is 0 Å². The van der Waals surface area contributed by atoms with Gasteiger partial charge in [0.25, 0.3) is 0 Å². The Kier molecular flexibility index (Phi) is 4.27. The number of nitrogens with two attached hydrogens (primary N) is 1. The van der Waals surface area contributed by atoms with Gasteiger partial charge in [0.15, 0.2) is 18.1 Å². The SMILES string of the molecule is CCC(N)Cc1cc2c(cc1OCC(F)(F)F)OCO2. The summed E-state index contributed by atoms with van der Waals surface area (Å²) in [6, 6.07) is 2.90. The first-order valence-electron chi connectivity index (χ1n) is 6.26. The minimum Gasteiger partial charge on any atom is -0.484 e. The molecule has 1 atom stereocenters. The molecule has 1 unspecified atom stereocenters. The van der Waals surface area contributed by atoms with Crippen molar-refractivity contribution in [3.8, 4) is 17.2 Å². The lowest BCUT2D eigenvalue weighted by atomic mass is 10.0. The predicted octanol–water partition coefficient (Wildman–Crippen LogP) is 2.64. The van der Waals surface area contributed by atoms with E-state index >= 15 is 0 Å². The van der Waals surface area contributed by atoms with Crippen LogP contribution in [0.4, 0.5) is 13.2 Å². The molecule has 1 heterocycles. The zero-order chi connectivity index (χ0) is 14.8. The number of ether oxygens (including phenoxy) is 3. The smallest absolute Gasteiger partial charge is 0.422 e. The van der Waals surface area contributed by atoms with Gasteiger partial charge in [-0.1, -0.05) is 6.92 Å². The third-order valence-corrected chi connectivity index (χ3v) is 2.95. The molecule has 1 aliphatic rings. The van der Waals surface area contributed by atoms with E-state index < -0.39 is 12.8 Å². The fourth-order valence-electron chi connectivity index (χ4n) is 1.85. The van der Waals surface area contributed by atoms with Gasteiger partial charge in [0.05, 0.1) is 0 Å². The van der Waals surface area contributed by atoms with Crippen LogP contribution in [0.3, 0.4) is 0 Å². The van der Waals surface area contributed by atoms with Crippen LogP contribution >= 0.6 is 0 Å². The Hall–Kier alpha value is -1.63. The highest BCUT2D eigenvalue weighted by Gasteiger charge is 2.29. The molecule has 2 rings (SSSR count). The van der Waals surface area contributed by atoms with Crippen molar-refractivity contribution in [2.45, 2.75) is 32.0 Å². The maximum atomic E-state index is 12.3. The van der Waals surface area contributed by atoms with E-state index in [1.165, 1.54) is 6.07 Å². The highest BCUT2D eigenvalue weighted by molar-refractivity contribution is 5.52. The van der Waals surface area contributed by atoms with Crippen LogP contribution in [0.15, 0.2) is 12.1 Å². The number of hydrogen-bond donors (Lipinski definition) is 1. The maximum absolute atomic E-state index is 12.3. The van der Waals surface area contributed by atoms with Crippen molar-refractivity contribution in [1.82, 2.24) is 0 Å². The zero-order valence-electron chi connectivity index (χ0n) is 11.0. The third-order valence-electron chi connectivity index (χ3n) is 2.95. The second-order valence-electron chi connectivity index (χ2n) is 4.59. The largest absolute Gasteiger partial charge is 0.484 e. The minimum absolute atomic E-state index is 0.0529. The Morgan fingerprint density at radius 1 is 1.30 bits per heavy atom. The Morgan fingerprint density at radius 2 is 1.95 bits per heavy atom. The van der Waals surface area contributed by atoms with Gasteiger partial charge in [0, 0.05) is 12.1 Å². The van der Waals surface area contributed by atoms with Gasteiger partial charge in [0.2, 0.25) is 6.79 Å². The molecular weight excluding hydrogens is 275 g/mol. The van der Waals surface area contributed by atoms with Gasteiger partial charge < -0.3 is 19.9 Å². The molecule has 1 aromatic rings. The summed E-state index contributed by atoms with van der Waals surface area (Å²) in [7, 11) is 0. The van der Waals surface area contributed by atoms with Crippen LogP contribution in [0, 0.1) is 0 Å². The molecule has 0 amide bonds. The van der Waals surface area contributed by atoms with E-state index in [9.17, 15) is 13.2 Å². The van der Waals surface area contributed by atoms with Crippen molar-refractivity contribution in [3.63, 3.8) is 0 Å². The first-order valence-corrected chi connectivity index (χ1v) is 6.26. The number of benzene rings is 1. The van der Waals surface area contributed by atoms with Crippen LogP contribution in [0.2, 0.25) is 0 Å². The van der Waals surface area contributed by atoms with E-state index in [0.29, 0.717) is 29.9 Å². The van der Waals surface area contributed by atoms with E-state index in [2.05, 4.69) is 0 Å². The molecule has 1 aliphatic heterocycles. The minimum atomic E-state index is -4.39. The van der Waals surface area contributed by atoms with Crippen molar-refractivity contribution in [2.75, 3.05) is 13.4 Å². The van der Waals surface area contributed by atoms with Gasteiger partial charge >= 0.3 is 6.18 Å². The molecule has 4 nitrogen and oxygen atoms in total. The lowest BCUT2D eigenvalue weighted by Gasteiger charge is -2.16. The summed E-state index contributed by atoms with van der Waals surface area (Å²) < 4.78 is 52.0. The van der Waals surface area contributed by atoms with Crippen molar-refractivity contribution in [1.29, 1.82) is 0 Å². The Labute approximate surface area is 114 Å². The van der Waals surface area contributed by atoms with Gasteiger partial charge in [-0.2, -0.15) is 13.2 Å². The summed E-state index contributed by atoms with van der Waals surface area (Å²) in [4.78, 5) is 0.